The second-order valence-electron chi connectivity index (χ2n) is 6.00. The van der Waals surface area contributed by atoms with Crippen LogP contribution in [0.1, 0.15) is 23.4 Å². The highest BCUT2D eigenvalue weighted by molar-refractivity contribution is 14.0. The molecule has 1 saturated heterocycles. The molecule has 29 heavy (non-hydrogen) atoms. The zero-order chi connectivity index (χ0) is 20.8. The van der Waals surface area contributed by atoms with Crippen LogP contribution >= 0.6 is 24.0 Å². The van der Waals surface area contributed by atoms with Crippen molar-refractivity contribution >= 4 is 45.9 Å². The van der Waals surface area contributed by atoms with Gasteiger partial charge in [0.05, 0.1) is 6.26 Å². The largest absolute Gasteiger partial charge is 0.511 e. The maximum atomic E-state index is 12.6. The summed E-state index contributed by atoms with van der Waals surface area (Å²) in [6.07, 6.45) is 1.82. The number of guanidine groups is 1. The average Bonchev–Trinajstić information content (AvgIpc) is 3.18. The summed E-state index contributed by atoms with van der Waals surface area (Å²) in [6, 6.07) is 2.92. The van der Waals surface area contributed by atoms with Crippen LogP contribution in [0.15, 0.2) is 27.8 Å². The summed E-state index contributed by atoms with van der Waals surface area (Å²) in [5.41, 5.74) is -5.29. The number of nitrogens with zero attached hydrogens (tertiary/aromatic N) is 2. The van der Waals surface area contributed by atoms with Gasteiger partial charge in [-0.15, -0.1) is 24.0 Å². The molecule has 1 fully saturated rings. The van der Waals surface area contributed by atoms with E-state index in [-0.39, 0.29) is 67.6 Å². The fourth-order valence-electron chi connectivity index (χ4n) is 2.63. The molecule has 9 nitrogen and oxygen atoms in total. The van der Waals surface area contributed by atoms with Crippen molar-refractivity contribution in [3.63, 3.8) is 0 Å². The summed E-state index contributed by atoms with van der Waals surface area (Å²) < 4.78 is 66.0. The van der Waals surface area contributed by atoms with Crippen LogP contribution in [0.25, 0.3) is 0 Å². The Balaban J connectivity index is 0.00000420. The van der Waals surface area contributed by atoms with Crippen molar-refractivity contribution in [3.8, 4) is 0 Å². The van der Waals surface area contributed by atoms with Crippen LogP contribution in [-0.2, 0) is 10.0 Å². The van der Waals surface area contributed by atoms with Crippen LogP contribution in [0.5, 0.6) is 0 Å². The maximum absolute atomic E-state index is 12.6. The molecule has 0 spiro atoms. The van der Waals surface area contributed by atoms with Crippen LogP contribution in [0, 0.1) is 0 Å². The van der Waals surface area contributed by atoms with E-state index < -0.39 is 15.5 Å². The molecule has 0 unspecified atom stereocenters. The summed E-state index contributed by atoms with van der Waals surface area (Å²) >= 11 is 0. The van der Waals surface area contributed by atoms with E-state index in [4.69, 9.17) is 4.42 Å². The van der Waals surface area contributed by atoms with Crippen molar-refractivity contribution in [2.45, 2.75) is 24.4 Å². The highest BCUT2D eigenvalue weighted by Gasteiger charge is 2.50. The van der Waals surface area contributed by atoms with Gasteiger partial charge in [-0.05, 0) is 25.0 Å². The Labute approximate surface area is 183 Å². The molecule has 3 N–H and O–H groups in total. The third-order valence-electron chi connectivity index (χ3n) is 4.10. The summed E-state index contributed by atoms with van der Waals surface area (Å²) in [7, 11) is -3.76. The Morgan fingerprint density at radius 2 is 1.90 bits per heavy atom. The fourth-order valence-corrected chi connectivity index (χ4v) is 3.61. The van der Waals surface area contributed by atoms with Gasteiger partial charge in [0, 0.05) is 39.3 Å². The molecule has 2 heterocycles. The molecule has 1 aliphatic rings. The minimum Gasteiger partial charge on any atom is -0.459 e. The average molecular weight is 553 g/mol. The van der Waals surface area contributed by atoms with Gasteiger partial charge in [0.1, 0.15) is 0 Å². The van der Waals surface area contributed by atoms with Gasteiger partial charge in [-0.1, -0.05) is 0 Å². The number of piperidine rings is 1. The minimum atomic E-state index is -5.29. The number of aliphatic imine (C=N–C) groups is 1. The van der Waals surface area contributed by atoms with Crippen molar-refractivity contribution in [1.82, 2.24) is 20.3 Å². The molecule has 1 aliphatic heterocycles. The van der Waals surface area contributed by atoms with Gasteiger partial charge in [0.25, 0.3) is 5.91 Å². The van der Waals surface area contributed by atoms with Gasteiger partial charge in [0.15, 0.2) is 11.7 Å². The second kappa shape index (κ2) is 11.0. The quantitative estimate of drug-likeness (QED) is 0.211. The van der Waals surface area contributed by atoms with E-state index in [9.17, 15) is 26.4 Å². The van der Waals surface area contributed by atoms with E-state index >= 15 is 0 Å². The van der Waals surface area contributed by atoms with Crippen molar-refractivity contribution in [1.29, 1.82) is 0 Å². The molecular weight excluding hydrogens is 530 g/mol. The smallest absolute Gasteiger partial charge is 0.459 e. The molecule has 1 aromatic heterocycles. The highest BCUT2D eigenvalue weighted by Crippen LogP contribution is 2.28. The van der Waals surface area contributed by atoms with Crippen LogP contribution in [-0.4, -0.2) is 69.4 Å². The lowest BCUT2D eigenvalue weighted by atomic mass is 10.1. The lowest BCUT2D eigenvalue weighted by molar-refractivity contribution is -0.0494. The molecule has 14 heteroatoms. The predicted octanol–water partition coefficient (Wildman–Crippen LogP) is 1.11. The number of carbonyl (C=O) groups excluding carboxylic acids is 1. The molecule has 1 aromatic rings. The van der Waals surface area contributed by atoms with Crippen LogP contribution in [0.2, 0.25) is 0 Å². The van der Waals surface area contributed by atoms with E-state index in [1.807, 2.05) is 0 Å². The summed E-state index contributed by atoms with van der Waals surface area (Å²) in [6.45, 7) is 0.196. The van der Waals surface area contributed by atoms with Crippen molar-refractivity contribution in [3.05, 3.63) is 24.2 Å². The van der Waals surface area contributed by atoms with Crippen molar-refractivity contribution < 1.29 is 30.8 Å². The Kier molecular flexibility index (Phi) is 9.67. The van der Waals surface area contributed by atoms with Gasteiger partial charge in [-0.3, -0.25) is 9.79 Å². The first kappa shape index (κ1) is 25.5. The Hall–Kier alpha value is -1.55. The number of hydrogen-bond donors (Lipinski definition) is 3. The number of carbonyl (C=O) groups is 1. The molecule has 1 amide bonds. The molecule has 0 aromatic carbocycles. The van der Waals surface area contributed by atoms with Crippen LogP contribution < -0.4 is 16.0 Å². The van der Waals surface area contributed by atoms with E-state index in [1.54, 1.807) is 6.07 Å². The Bertz CT molecular complexity index is 778. The van der Waals surface area contributed by atoms with Gasteiger partial charge >= 0.3 is 15.5 Å². The first-order valence-corrected chi connectivity index (χ1v) is 9.94. The fraction of sp³-hybridized carbons (Fsp3) is 0.600. The monoisotopic (exact) mass is 553 g/mol. The normalized spacial score (nSPS) is 16.8. The van der Waals surface area contributed by atoms with Crippen LogP contribution in [0.4, 0.5) is 13.2 Å². The SMILES string of the molecule is CN=C(NCCNC(=O)c1ccco1)NC1CCN(S(=O)(=O)C(F)(F)F)CC1.I. The maximum Gasteiger partial charge on any atom is 0.511 e. The number of alkyl halides is 3. The standard InChI is InChI=1S/C15H22F3N5O4S.HI/c1-19-14(21-7-6-20-13(24)12-3-2-10-27-12)22-11-4-8-23(9-5-11)28(25,26)15(16,17)18;/h2-3,10-11H,4-9H2,1H3,(H,20,24)(H2,19,21,22);1H. The zero-order valence-corrected chi connectivity index (χ0v) is 18.7. The topological polar surface area (TPSA) is 116 Å². The molecule has 0 bridgehead atoms. The predicted molar refractivity (Wildman–Crippen MR) is 111 cm³/mol. The lowest BCUT2D eigenvalue weighted by Crippen LogP contribution is -2.52. The summed E-state index contributed by atoms with van der Waals surface area (Å²) in [5.74, 6) is 0.250. The third kappa shape index (κ3) is 7.02. The first-order valence-electron chi connectivity index (χ1n) is 8.50. The number of halogens is 4. The zero-order valence-electron chi connectivity index (χ0n) is 15.5. The van der Waals surface area contributed by atoms with E-state index in [0.29, 0.717) is 23.4 Å². The second-order valence-corrected chi connectivity index (χ2v) is 7.93. The molecule has 0 saturated carbocycles. The van der Waals surface area contributed by atoms with Gasteiger partial charge in [-0.2, -0.15) is 17.5 Å². The minimum absolute atomic E-state index is 0. The molecule has 0 aliphatic carbocycles. The van der Waals surface area contributed by atoms with Crippen LogP contribution in [0.3, 0.4) is 0 Å². The highest BCUT2D eigenvalue weighted by atomic mass is 127. The number of rotatable bonds is 6. The summed E-state index contributed by atoms with van der Waals surface area (Å²) in [5, 5.41) is 8.65. The number of amides is 1. The van der Waals surface area contributed by atoms with Gasteiger partial charge in [0.2, 0.25) is 0 Å². The van der Waals surface area contributed by atoms with Crippen molar-refractivity contribution in [2.24, 2.45) is 4.99 Å². The number of nitrogens with one attached hydrogen (secondary N) is 3. The molecule has 0 radical (unpaired) electrons. The molecule has 166 valence electrons. The number of sulfonamides is 1. The van der Waals surface area contributed by atoms with E-state index in [2.05, 4.69) is 20.9 Å². The van der Waals surface area contributed by atoms with E-state index in [0.717, 1.165) is 0 Å². The Morgan fingerprint density at radius 3 is 2.41 bits per heavy atom. The van der Waals surface area contributed by atoms with Gasteiger partial charge < -0.3 is 20.4 Å². The molecule has 0 atom stereocenters. The van der Waals surface area contributed by atoms with Crippen molar-refractivity contribution in [2.75, 3.05) is 33.2 Å². The number of hydrogen-bond acceptors (Lipinski definition) is 5. The van der Waals surface area contributed by atoms with E-state index in [1.165, 1.54) is 19.4 Å². The summed E-state index contributed by atoms with van der Waals surface area (Å²) in [4.78, 5) is 15.7. The first-order chi connectivity index (χ1) is 13.1. The molecule has 2 rings (SSSR count). The Morgan fingerprint density at radius 1 is 1.28 bits per heavy atom. The third-order valence-corrected chi connectivity index (χ3v) is 5.73. The number of furan rings is 1. The lowest BCUT2D eigenvalue weighted by Gasteiger charge is -2.32. The molecular formula is C15H23F3IN5O4S. The van der Waals surface area contributed by atoms with Gasteiger partial charge in [-0.25, -0.2) is 8.42 Å².